The van der Waals surface area contributed by atoms with Crippen LogP contribution in [0, 0.1) is 0 Å². The number of methoxy groups -OCH3 is 1. The van der Waals surface area contributed by atoms with Gasteiger partial charge >= 0.3 is 0 Å². The summed E-state index contributed by atoms with van der Waals surface area (Å²) >= 11 is 12.0. The molecule has 0 spiro atoms. The van der Waals surface area contributed by atoms with E-state index in [1.165, 1.54) is 20.2 Å². The van der Waals surface area contributed by atoms with Crippen LogP contribution in [0.1, 0.15) is 25.1 Å². The van der Waals surface area contributed by atoms with Gasteiger partial charge in [0.25, 0.3) is 0 Å². The van der Waals surface area contributed by atoms with Crippen LogP contribution in [0.5, 0.6) is 5.75 Å². The van der Waals surface area contributed by atoms with E-state index >= 15 is 0 Å². The molecule has 0 bridgehead atoms. The molecule has 0 fully saturated rings. The van der Waals surface area contributed by atoms with Gasteiger partial charge in [-0.25, -0.2) is 0 Å². The number of nitrogen functional groups attached to an aromatic ring is 1. The minimum absolute atomic E-state index is 0.130. The predicted molar refractivity (Wildman–Crippen MR) is 88.8 cm³/mol. The van der Waals surface area contributed by atoms with Crippen molar-refractivity contribution in [3.8, 4) is 5.75 Å². The highest BCUT2D eigenvalue weighted by Gasteiger charge is 2.39. The predicted octanol–water partition coefficient (Wildman–Crippen LogP) is 3.87. The van der Waals surface area contributed by atoms with Gasteiger partial charge in [-0.15, -0.1) is 0 Å². The number of ketones is 1. The molecule has 6 heteroatoms. The Morgan fingerprint density at radius 1 is 1.27 bits per heavy atom. The van der Waals surface area contributed by atoms with Crippen LogP contribution in [0.25, 0.3) is 0 Å². The summed E-state index contributed by atoms with van der Waals surface area (Å²) in [6.07, 6.45) is 1.46. The van der Waals surface area contributed by atoms with Crippen molar-refractivity contribution in [3.63, 3.8) is 0 Å². The number of nitrogens with two attached hydrogens (primary N) is 1. The summed E-state index contributed by atoms with van der Waals surface area (Å²) in [4.78, 5) is 16.7. The molecule has 1 unspecified atom stereocenters. The lowest BCUT2D eigenvalue weighted by atomic mass is 9.75. The number of rotatable bonds is 4. The van der Waals surface area contributed by atoms with Gasteiger partial charge in [0.15, 0.2) is 0 Å². The maximum atomic E-state index is 12.5. The van der Waals surface area contributed by atoms with Gasteiger partial charge in [-0.1, -0.05) is 23.2 Å². The first kappa shape index (κ1) is 16.6. The van der Waals surface area contributed by atoms with Gasteiger partial charge in [0.2, 0.25) is 0 Å². The first-order chi connectivity index (χ1) is 10.3. The lowest BCUT2D eigenvalue weighted by Gasteiger charge is -2.29. The molecule has 0 radical (unpaired) electrons. The number of anilines is 1. The van der Waals surface area contributed by atoms with Crippen molar-refractivity contribution in [2.45, 2.75) is 19.3 Å². The zero-order valence-corrected chi connectivity index (χ0v) is 14.0. The molecule has 22 heavy (non-hydrogen) atoms. The van der Waals surface area contributed by atoms with Gasteiger partial charge in [-0.05, 0) is 38.1 Å². The third kappa shape index (κ3) is 2.76. The van der Waals surface area contributed by atoms with Crippen LogP contribution in [0.3, 0.4) is 0 Å². The highest BCUT2D eigenvalue weighted by molar-refractivity contribution is 6.31. The Bertz CT molecular complexity index is 734. The number of halogens is 2. The maximum Gasteiger partial charge on any atom is 0.146 e. The lowest BCUT2D eigenvalue weighted by Crippen LogP contribution is -2.34. The molecular formula is C16H16Cl2N2O2. The quantitative estimate of drug-likeness (QED) is 0.918. The number of hydrogen-bond acceptors (Lipinski definition) is 4. The largest absolute Gasteiger partial charge is 0.496 e. The monoisotopic (exact) mass is 338 g/mol. The Hall–Kier alpha value is -1.78. The van der Waals surface area contributed by atoms with Gasteiger partial charge in [0.1, 0.15) is 11.5 Å². The van der Waals surface area contributed by atoms with Crippen LogP contribution >= 0.6 is 23.2 Å². The Labute approximate surface area is 139 Å². The fraction of sp³-hybridized carbons (Fsp3) is 0.250. The molecule has 116 valence electrons. The second-order valence-electron chi connectivity index (χ2n) is 5.12. The van der Waals surface area contributed by atoms with Gasteiger partial charge in [0.05, 0.1) is 28.9 Å². The van der Waals surface area contributed by atoms with Gasteiger partial charge in [0, 0.05) is 16.8 Å². The molecule has 2 rings (SSSR count). The van der Waals surface area contributed by atoms with Crippen molar-refractivity contribution in [2.75, 3.05) is 12.8 Å². The fourth-order valence-electron chi connectivity index (χ4n) is 2.43. The Morgan fingerprint density at radius 2 is 1.95 bits per heavy atom. The van der Waals surface area contributed by atoms with Crippen LogP contribution in [-0.4, -0.2) is 17.9 Å². The zero-order valence-electron chi connectivity index (χ0n) is 12.5. The summed E-state index contributed by atoms with van der Waals surface area (Å²) in [7, 11) is 1.53. The van der Waals surface area contributed by atoms with E-state index in [1.54, 1.807) is 31.2 Å². The summed E-state index contributed by atoms with van der Waals surface area (Å²) in [5, 5.41) is 0.904. The highest BCUT2D eigenvalue weighted by Crippen LogP contribution is 2.41. The van der Waals surface area contributed by atoms with Crippen molar-refractivity contribution >= 4 is 34.7 Å². The molecule has 1 atom stereocenters. The molecule has 2 aromatic rings. The molecule has 0 aliphatic heterocycles. The van der Waals surface area contributed by atoms with E-state index in [9.17, 15) is 4.79 Å². The standard InChI is InChI=1S/C16H16Cl2N2O2/c1-9(21)16(2,15-13(19)7-11(18)8-20-15)12-6-10(17)4-5-14(12)22-3/h4-8H,19H2,1-3H3. The van der Waals surface area contributed by atoms with Crippen molar-refractivity contribution in [1.82, 2.24) is 4.98 Å². The summed E-state index contributed by atoms with van der Waals surface area (Å²) in [5.41, 5.74) is 6.32. The zero-order chi connectivity index (χ0) is 16.5. The molecule has 0 saturated carbocycles. The summed E-state index contributed by atoms with van der Waals surface area (Å²) in [5.74, 6) is 0.410. The Kier molecular flexibility index (Phi) is 4.63. The van der Waals surface area contributed by atoms with Crippen LogP contribution in [0.4, 0.5) is 5.69 Å². The average molecular weight is 339 g/mol. The maximum absolute atomic E-state index is 12.5. The molecule has 1 aromatic heterocycles. The third-order valence-electron chi connectivity index (χ3n) is 3.76. The first-order valence-electron chi connectivity index (χ1n) is 6.57. The molecule has 0 aliphatic rings. The van der Waals surface area contributed by atoms with Gasteiger partial charge < -0.3 is 10.5 Å². The van der Waals surface area contributed by atoms with Gasteiger partial charge in [-0.2, -0.15) is 0 Å². The second-order valence-corrected chi connectivity index (χ2v) is 5.99. The van der Waals surface area contributed by atoms with Crippen molar-refractivity contribution in [2.24, 2.45) is 0 Å². The lowest BCUT2D eigenvalue weighted by molar-refractivity contribution is -0.120. The number of Topliss-reactive ketones (excluding diaryl/α,β-unsaturated/α-hetero) is 1. The topological polar surface area (TPSA) is 65.2 Å². The van der Waals surface area contributed by atoms with Crippen LogP contribution in [-0.2, 0) is 10.2 Å². The third-order valence-corrected chi connectivity index (χ3v) is 4.20. The number of pyridine rings is 1. The minimum atomic E-state index is -1.09. The van der Waals surface area contributed by atoms with E-state index < -0.39 is 5.41 Å². The van der Waals surface area contributed by atoms with E-state index in [0.717, 1.165) is 0 Å². The summed E-state index contributed by atoms with van der Waals surface area (Å²) < 4.78 is 5.38. The Morgan fingerprint density at radius 3 is 2.50 bits per heavy atom. The molecule has 0 amide bonds. The average Bonchev–Trinajstić information content (AvgIpc) is 2.46. The first-order valence-corrected chi connectivity index (χ1v) is 7.32. The van der Waals surface area contributed by atoms with Gasteiger partial charge in [-0.3, -0.25) is 9.78 Å². The normalized spacial score (nSPS) is 13.5. The smallest absolute Gasteiger partial charge is 0.146 e. The summed E-state index contributed by atoms with van der Waals surface area (Å²) in [6.45, 7) is 3.23. The molecule has 1 heterocycles. The van der Waals surface area contributed by atoms with E-state index in [4.69, 9.17) is 33.7 Å². The Balaban J connectivity index is 2.78. The number of aromatic nitrogens is 1. The van der Waals surface area contributed by atoms with E-state index in [-0.39, 0.29) is 5.78 Å². The second kappa shape index (κ2) is 6.15. The van der Waals surface area contributed by atoms with Crippen LogP contribution in [0.15, 0.2) is 30.5 Å². The van der Waals surface area contributed by atoms with E-state index in [1.807, 2.05) is 0 Å². The number of hydrogen-bond donors (Lipinski definition) is 1. The molecular weight excluding hydrogens is 323 g/mol. The number of carbonyl (C=O) groups excluding carboxylic acids is 1. The van der Waals surface area contributed by atoms with Crippen molar-refractivity contribution < 1.29 is 9.53 Å². The fourth-order valence-corrected chi connectivity index (χ4v) is 2.77. The number of carbonyl (C=O) groups is 1. The summed E-state index contributed by atoms with van der Waals surface area (Å²) in [6, 6.07) is 6.67. The number of benzene rings is 1. The molecule has 0 aliphatic carbocycles. The van der Waals surface area contributed by atoms with Crippen molar-refractivity contribution in [1.29, 1.82) is 0 Å². The SMILES string of the molecule is COc1ccc(Cl)cc1C(C)(C(C)=O)c1ncc(Cl)cc1N. The minimum Gasteiger partial charge on any atom is -0.496 e. The molecule has 4 nitrogen and oxygen atoms in total. The van der Waals surface area contributed by atoms with E-state index in [0.29, 0.717) is 32.7 Å². The van der Waals surface area contributed by atoms with Crippen LogP contribution < -0.4 is 10.5 Å². The van der Waals surface area contributed by atoms with Crippen molar-refractivity contribution in [3.05, 3.63) is 51.8 Å². The van der Waals surface area contributed by atoms with E-state index in [2.05, 4.69) is 4.98 Å². The molecule has 2 N–H and O–H groups in total. The number of nitrogens with zero attached hydrogens (tertiary/aromatic N) is 1. The van der Waals surface area contributed by atoms with Crippen LogP contribution in [0.2, 0.25) is 10.0 Å². The highest BCUT2D eigenvalue weighted by atomic mass is 35.5. The molecule has 0 saturated heterocycles. The molecule has 1 aromatic carbocycles. The number of ether oxygens (including phenoxy) is 1.